The molecule has 1 aromatic carbocycles. The summed E-state index contributed by atoms with van der Waals surface area (Å²) in [5, 5.41) is 26.7. The zero-order valence-corrected chi connectivity index (χ0v) is 44.2. The second-order valence-electron chi connectivity index (χ2n) is 15.2. The molecular formula is C46H67F2FmN13O8Pd-2. The summed E-state index contributed by atoms with van der Waals surface area (Å²) < 4.78 is 27.8. The van der Waals surface area contributed by atoms with Crippen molar-refractivity contribution in [1.29, 1.82) is 0 Å². The van der Waals surface area contributed by atoms with E-state index in [1.165, 1.54) is 37.3 Å². The van der Waals surface area contributed by atoms with Crippen molar-refractivity contribution in [1.82, 2.24) is 62.5 Å². The Kier molecular flexibility index (Phi) is 39.8. The number of rotatable bonds is 24. The fraction of sp³-hybridized carbons (Fsp3) is 0.500. The molecule has 4 aromatic rings. The molecule has 2 bridgehead atoms. The van der Waals surface area contributed by atoms with E-state index in [2.05, 4.69) is 105 Å². The molecule has 402 valence electrons. The quantitative estimate of drug-likeness (QED) is 0.00949. The number of nitrogens with zero attached hydrogens (tertiary/aromatic N) is 5. The molecule has 3 heterocycles. The van der Waals surface area contributed by atoms with E-state index in [4.69, 9.17) is 0 Å². The summed E-state index contributed by atoms with van der Waals surface area (Å²) in [6.45, 7) is 5.85. The van der Waals surface area contributed by atoms with Gasteiger partial charge in [-0.05, 0) is 108 Å². The number of hydroxylamine groups is 1. The Balaban J connectivity index is 0. The van der Waals surface area contributed by atoms with Crippen LogP contribution in [0.4, 0.5) is 14.6 Å². The maximum atomic E-state index is 14.3. The van der Waals surface area contributed by atoms with Gasteiger partial charge in [0.15, 0.2) is 17.5 Å². The zero-order chi connectivity index (χ0) is 50.9. The summed E-state index contributed by atoms with van der Waals surface area (Å²) in [5.41, 5.74) is 3.89. The van der Waals surface area contributed by atoms with Crippen molar-refractivity contribution in [2.24, 2.45) is 11.8 Å². The van der Waals surface area contributed by atoms with Gasteiger partial charge in [0, 0.05) is 44.3 Å². The molecule has 7 rings (SSSR count). The first-order valence-corrected chi connectivity index (χ1v) is 22.5. The molecule has 71 heavy (non-hydrogen) atoms. The number of anilines is 1. The van der Waals surface area contributed by atoms with Crippen LogP contribution in [0.25, 0.3) is 22.6 Å². The molecule has 0 saturated heterocycles. The molecule has 0 spiro atoms. The molecule has 3 saturated carbocycles. The second kappa shape index (κ2) is 42.9. The maximum absolute atomic E-state index is 14.3. The fourth-order valence-electron chi connectivity index (χ4n) is 6.54. The molecule has 25 heteroatoms. The standard InChI is InChI=1S/C18H17F2N6.C10H15N.C7H12NO2.C5H9N3O4.C3H5NO2.C3H9N.Fm.Pd/c19-11-6-12-15(25-26-16(12)21-7-11)18-22-8-13(20)17(24-18)23-14-5-9-1-3-10(14)4-2-9;1-9(11-2)8-10-6-4-3-5-7-10;9-6-4-2-1-3-5-8-7-10;9-2-6-1-5(11)7-4-12-8-3-10;5-2-1-4-3-6;1-3-4-2;;/h6-10,14H,1-5H2,(H-,21,22,23,24,25,26);3-7,9,11H,8H2,1-2H3;6H,1-5H2,(H,8,10);2-3H,1,4H2,(H,6,9)(H,7,11)(H,8,10);2-3H,1H2,(H,4,6);4H,3H2,1-2H3;;/q-1;;-1;;;;;/t9?,10?,14-;9-;;;;;;/m11....../s1. The third-order valence-electron chi connectivity index (χ3n) is 10.2. The minimum Gasteiger partial charge on any atom is -0.530 e. The van der Waals surface area contributed by atoms with E-state index in [1.54, 1.807) is 6.41 Å². The number of carbonyl (C=O) groups excluding carboxylic acids is 7. The first kappa shape index (κ1) is 65.9. The van der Waals surface area contributed by atoms with Crippen molar-refractivity contribution < 1.29 is 67.6 Å². The van der Waals surface area contributed by atoms with Crippen LogP contribution in [0.15, 0.2) is 48.8 Å². The van der Waals surface area contributed by atoms with Gasteiger partial charge >= 0.3 is 0 Å². The smallest absolute Gasteiger partial charge is 0.241 e. The van der Waals surface area contributed by atoms with Gasteiger partial charge < -0.3 is 61.7 Å². The average molecular weight is 1330 g/mol. The largest absolute Gasteiger partial charge is 0.530 e. The average Bonchev–Trinajstić information content (AvgIpc) is 3.80. The molecule has 5 amide bonds. The van der Waals surface area contributed by atoms with E-state index < -0.39 is 17.5 Å². The zero-order valence-electron chi connectivity index (χ0n) is 40.3. The number of pyridine rings is 1. The summed E-state index contributed by atoms with van der Waals surface area (Å²) in [7, 11) is 3.92. The SMILES string of the molecule is CCNC.CN[C@H](C)Cc1ccccc1.Fc1cnc2[n-]nc(-c3ncc(F)c(N[C@@H]4CC5CCC4CC5)n3)c2c1.O=CCNC=O.O=CNCC(=O)NCONC=O.O=[C-]NCCCCCC=O.[Fm].[Pd]. The molecule has 3 aromatic heterocycles. The molecule has 3 aliphatic rings. The number of benzene rings is 1. The van der Waals surface area contributed by atoms with E-state index in [0.29, 0.717) is 67.2 Å². The number of unbranched alkanes of at least 4 members (excludes halogenated alkanes) is 3. The number of aromatic nitrogens is 5. The molecule has 0 radical (unpaired) electrons. The molecule has 2 atom stereocenters. The Morgan fingerprint density at radius 1 is 0.944 bits per heavy atom. The third kappa shape index (κ3) is 29.4. The van der Waals surface area contributed by atoms with Gasteiger partial charge in [0.05, 0.1) is 19.3 Å². The molecule has 8 N–H and O–H groups in total. The van der Waals surface area contributed by atoms with Gasteiger partial charge in [0.25, 0.3) is 0 Å². The van der Waals surface area contributed by atoms with Crippen LogP contribution >= 0.6 is 0 Å². The topological polar surface area (TPSA) is 291 Å². The van der Waals surface area contributed by atoms with E-state index >= 15 is 0 Å². The Morgan fingerprint density at radius 2 is 1.65 bits per heavy atom. The van der Waals surface area contributed by atoms with Gasteiger partial charge in [0.2, 0.25) is 25.1 Å². The van der Waals surface area contributed by atoms with E-state index in [1.807, 2.05) is 25.6 Å². The predicted molar refractivity (Wildman–Crippen MR) is 255 cm³/mol. The van der Waals surface area contributed by atoms with Crippen molar-refractivity contribution >= 4 is 61.0 Å². The summed E-state index contributed by atoms with van der Waals surface area (Å²) in [6.07, 6.45) is 17.1. The number of aldehydes is 2. The van der Waals surface area contributed by atoms with Crippen LogP contribution in [-0.4, -0.2) is 123 Å². The van der Waals surface area contributed by atoms with E-state index in [9.17, 15) is 42.3 Å². The predicted octanol–water partition coefficient (Wildman–Crippen LogP) is 2.19. The summed E-state index contributed by atoms with van der Waals surface area (Å²) in [5.74, 6) is 0.277. The minimum atomic E-state index is -0.497. The Labute approximate surface area is 421 Å². The van der Waals surface area contributed by atoms with Gasteiger partial charge in [-0.3, -0.25) is 29.1 Å². The molecular weight excluding hydrogens is 1260 g/mol. The summed E-state index contributed by atoms with van der Waals surface area (Å²) in [6, 6.07) is 12.6. The molecule has 0 aliphatic heterocycles. The molecule has 3 fully saturated rings. The normalized spacial score (nSPS) is 14.8. The van der Waals surface area contributed by atoms with Crippen LogP contribution in [0.3, 0.4) is 0 Å². The number of halogens is 2. The summed E-state index contributed by atoms with van der Waals surface area (Å²) >= 11 is 0. The number of hydrogen-bond donors (Lipinski definition) is 8. The van der Waals surface area contributed by atoms with Crippen LogP contribution in [0.2, 0.25) is 0 Å². The van der Waals surface area contributed by atoms with E-state index in [0.717, 1.165) is 63.2 Å². The van der Waals surface area contributed by atoms with Crippen LogP contribution in [0.5, 0.6) is 0 Å². The van der Waals surface area contributed by atoms with Crippen molar-refractivity contribution in [3.05, 3.63) is 66.0 Å². The number of amides is 5. The van der Waals surface area contributed by atoms with Gasteiger partial charge in [0.1, 0.15) is 30.8 Å². The molecule has 3 aliphatic carbocycles. The van der Waals surface area contributed by atoms with Gasteiger partial charge in [-0.2, -0.15) is 6.41 Å². The van der Waals surface area contributed by atoms with Crippen LogP contribution in [0, 0.1) is 23.5 Å². The Bertz CT molecular complexity index is 2020. The number of carbonyl (C=O) groups is 6. The van der Waals surface area contributed by atoms with Gasteiger partial charge in [-0.25, -0.2) is 24.2 Å². The number of hydrogen-bond acceptors (Lipinski definition) is 15. The van der Waals surface area contributed by atoms with Crippen molar-refractivity contribution in [3.63, 3.8) is 0 Å². The van der Waals surface area contributed by atoms with Crippen LogP contribution < -0.4 is 47.8 Å². The monoisotopic (exact) mass is 1330 g/mol. The third-order valence-corrected chi connectivity index (χ3v) is 10.2. The Morgan fingerprint density at radius 3 is 2.21 bits per heavy atom. The number of likely N-dealkylation sites (N-methyl/N-ethyl adjacent to an activating group) is 1. The van der Waals surface area contributed by atoms with Crippen LogP contribution in [-0.2, 0) is 65.2 Å². The van der Waals surface area contributed by atoms with Gasteiger partial charge in [-0.1, -0.05) is 56.5 Å². The summed E-state index contributed by atoms with van der Waals surface area (Å²) in [4.78, 5) is 84.6. The van der Waals surface area contributed by atoms with Crippen molar-refractivity contribution in [3.8, 4) is 11.5 Å². The van der Waals surface area contributed by atoms with Gasteiger partial charge in [-0.15, -0.1) is 0 Å². The molecule has 21 nitrogen and oxygen atoms in total. The van der Waals surface area contributed by atoms with Crippen LogP contribution in [0.1, 0.15) is 77.2 Å². The van der Waals surface area contributed by atoms with E-state index in [-0.39, 0.29) is 57.9 Å². The Hall–Kier alpha value is -7.19. The van der Waals surface area contributed by atoms with Crippen molar-refractivity contribution in [2.45, 2.75) is 90.1 Å². The maximum Gasteiger partial charge on any atom is 0.241 e. The minimum absolute atomic E-state index is 0. The number of nitrogens with one attached hydrogen (secondary N) is 8. The first-order valence-electron chi connectivity index (χ1n) is 22.5. The number of fused-ring (bicyclic) bond motifs is 4. The molecule has 0 unspecified atom stereocenters. The fourth-order valence-corrected chi connectivity index (χ4v) is 6.54. The second-order valence-corrected chi connectivity index (χ2v) is 15.2. The van der Waals surface area contributed by atoms with Crippen molar-refractivity contribution in [2.75, 3.05) is 52.3 Å². The first-order chi connectivity index (χ1) is 33.5.